The number of hydrogen-bond acceptors (Lipinski definition) is 7. The van der Waals surface area contributed by atoms with Gasteiger partial charge in [-0.1, -0.05) is 0 Å². The number of carbonyl (C=O) groups is 2. The lowest BCUT2D eigenvalue weighted by atomic mass is 10.2. The Bertz CT molecular complexity index is 982. The van der Waals surface area contributed by atoms with Crippen LogP contribution in [-0.2, 0) is 14.8 Å². The standard InChI is InChI=1S/C19H22N4O5S/c1-3-28-19(25)15-4-6-16(7-5-15)29(26,27)23-10-8-22(9-11-23)18(24)17-13-20-14(2)12-21-17/h4-7,12-13H,3,8-11H2,1-2H3. The van der Waals surface area contributed by atoms with Gasteiger partial charge in [-0.15, -0.1) is 0 Å². The first-order valence-electron chi connectivity index (χ1n) is 9.18. The van der Waals surface area contributed by atoms with Gasteiger partial charge in [0.05, 0.1) is 29.0 Å². The van der Waals surface area contributed by atoms with E-state index in [9.17, 15) is 18.0 Å². The summed E-state index contributed by atoms with van der Waals surface area (Å²) in [6.07, 6.45) is 2.94. The maximum absolute atomic E-state index is 12.9. The number of nitrogens with zero attached hydrogens (tertiary/aromatic N) is 4. The van der Waals surface area contributed by atoms with E-state index < -0.39 is 16.0 Å². The Hall–Kier alpha value is -2.85. The lowest BCUT2D eigenvalue weighted by Crippen LogP contribution is -2.50. The molecular formula is C19H22N4O5S. The lowest BCUT2D eigenvalue weighted by Gasteiger charge is -2.33. The molecular weight excluding hydrogens is 396 g/mol. The summed E-state index contributed by atoms with van der Waals surface area (Å²) in [4.78, 5) is 34.0. The Morgan fingerprint density at radius 2 is 1.69 bits per heavy atom. The molecule has 0 radical (unpaired) electrons. The Balaban J connectivity index is 1.65. The molecule has 0 spiro atoms. The molecule has 10 heteroatoms. The molecule has 0 atom stereocenters. The molecule has 1 fully saturated rings. The normalized spacial score (nSPS) is 15.2. The van der Waals surface area contributed by atoms with E-state index in [2.05, 4.69) is 9.97 Å². The van der Waals surface area contributed by atoms with E-state index >= 15 is 0 Å². The van der Waals surface area contributed by atoms with Crippen LogP contribution in [0.15, 0.2) is 41.6 Å². The maximum Gasteiger partial charge on any atom is 0.338 e. The van der Waals surface area contributed by atoms with Gasteiger partial charge >= 0.3 is 5.97 Å². The van der Waals surface area contributed by atoms with Crippen molar-refractivity contribution in [1.82, 2.24) is 19.2 Å². The highest BCUT2D eigenvalue weighted by Crippen LogP contribution is 2.19. The lowest BCUT2D eigenvalue weighted by molar-refractivity contribution is 0.0526. The average Bonchev–Trinajstić information content (AvgIpc) is 2.74. The zero-order valence-electron chi connectivity index (χ0n) is 16.2. The molecule has 0 aliphatic carbocycles. The van der Waals surface area contributed by atoms with E-state index in [0.717, 1.165) is 0 Å². The van der Waals surface area contributed by atoms with Crippen molar-refractivity contribution < 1.29 is 22.7 Å². The van der Waals surface area contributed by atoms with Crippen molar-refractivity contribution >= 4 is 21.9 Å². The molecule has 1 aromatic heterocycles. The van der Waals surface area contributed by atoms with Crippen LogP contribution >= 0.6 is 0 Å². The minimum absolute atomic E-state index is 0.0923. The third-order valence-corrected chi connectivity index (χ3v) is 6.44. The van der Waals surface area contributed by atoms with Crippen LogP contribution in [0.5, 0.6) is 0 Å². The molecule has 9 nitrogen and oxygen atoms in total. The Morgan fingerprint density at radius 3 is 2.24 bits per heavy atom. The van der Waals surface area contributed by atoms with Crippen molar-refractivity contribution in [1.29, 1.82) is 0 Å². The summed E-state index contributed by atoms with van der Waals surface area (Å²) in [7, 11) is -3.72. The second-order valence-electron chi connectivity index (χ2n) is 6.48. The van der Waals surface area contributed by atoms with Crippen molar-refractivity contribution in [3.05, 3.63) is 53.6 Å². The SMILES string of the molecule is CCOC(=O)c1ccc(S(=O)(=O)N2CCN(C(=O)c3cnc(C)cn3)CC2)cc1. The second kappa shape index (κ2) is 8.66. The number of amides is 1. The number of sulfonamides is 1. The van der Waals surface area contributed by atoms with Crippen molar-refractivity contribution in [3.8, 4) is 0 Å². The maximum atomic E-state index is 12.9. The zero-order valence-corrected chi connectivity index (χ0v) is 17.1. The number of rotatable bonds is 5. The first kappa shape index (κ1) is 20.9. The molecule has 1 amide bonds. The van der Waals surface area contributed by atoms with Crippen LogP contribution in [0.1, 0.15) is 33.5 Å². The van der Waals surface area contributed by atoms with Crippen LogP contribution in [0, 0.1) is 6.92 Å². The molecule has 0 saturated carbocycles. The fraction of sp³-hybridized carbons (Fsp3) is 0.368. The summed E-state index contributed by atoms with van der Waals surface area (Å²) in [5.74, 6) is -0.767. The molecule has 1 aliphatic rings. The van der Waals surface area contributed by atoms with Crippen LogP contribution < -0.4 is 0 Å². The van der Waals surface area contributed by atoms with Crippen molar-refractivity contribution in [2.24, 2.45) is 0 Å². The predicted molar refractivity (Wildman–Crippen MR) is 104 cm³/mol. The second-order valence-corrected chi connectivity index (χ2v) is 8.42. The summed E-state index contributed by atoms with van der Waals surface area (Å²) < 4.78 is 32.0. The van der Waals surface area contributed by atoms with Gasteiger partial charge in [0.15, 0.2) is 0 Å². The first-order chi connectivity index (χ1) is 13.8. The summed E-state index contributed by atoms with van der Waals surface area (Å²) in [5, 5.41) is 0. The van der Waals surface area contributed by atoms with Gasteiger partial charge in [-0.3, -0.25) is 9.78 Å². The monoisotopic (exact) mass is 418 g/mol. The van der Waals surface area contributed by atoms with Crippen LogP contribution in [0.3, 0.4) is 0 Å². The summed E-state index contributed by atoms with van der Waals surface area (Å²) >= 11 is 0. The van der Waals surface area contributed by atoms with E-state index in [1.165, 1.54) is 41.0 Å². The van der Waals surface area contributed by atoms with Gasteiger partial charge in [-0.25, -0.2) is 18.2 Å². The van der Waals surface area contributed by atoms with Gasteiger partial charge in [0.1, 0.15) is 5.69 Å². The fourth-order valence-electron chi connectivity index (χ4n) is 2.92. The van der Waals surface area contributed by atoms with E-state index in [0.29, 0.717) is 11.3 Å². The highest BCUT2D eigenvalue weighted by molar-refractivity contribution is 7.89. The van der Waals surface area contributed by atoms with E-state index in [1.54, 1.807) is 18.7 Å². The smallest absolute Gasteiger partial charge is 0.338 e. The van der Waals surface area contributed by atoms with Crippen molar-refractivity contribution in [3.63, 3.8) is 0 Å². The number of piperazine rings is 1. The molecule has 154 valence electrons. The zero-order chi connectivity index (χ0) is 21.0. The van der Waals surface area contributed by atoms with Gasteiger partial charge in [-0.2, -0.15) is 4.31 Å². The van der Waals surface area contributed by atoms with Crippen LogP contribution in [0.25, 0.3) is 0 Å². The Labute approximate surface area is 169 Å². The first-order valence-corrected chi connectivity index (χ1v) is 10.6. The van der Waals surface area contributed by atoms with Gasteiger partial charge in [0, 0.05) is 32.4 Å². The summed E-state index contributed by atoms with van der Waals surface area (Å²) in [6.45, 7) is 4.59. The number of aryl methyl sites for hydroxylation is 1. The number of esters is 1. The molecule has 0 N–H and O–H groups in total. The Morgan fingerprint density at radius 1 is 1.03 bits per heavy atom. The van der Waals surface area contributed by atoms with Gasteiger partial charge in [0.25, 0.3) is 5.91 Å². The third kappa shape index (κ3) is 4.60. The highest BCUT2D eigenvalue weighted by Gasteiger charge is 2.31. The molecule has 0 unspecified atom stereocenters. The topological polar surface area (TPSA) is 110 Å². The number of benzene rings is 1. The molecule has 1 aromatic carbocycles. The molecule has 0 bridgehead atoms. The predicted octanol–water partition coefficient (Wildman–Crippen LogP) is 1.11. The summed E-state index contributed by atoms with van der Waals surface area (Å²) in [6, 6.07) is 5.64. The molecule has 1 aliphatic heterocycles. The summed E-state index contributed by atoms with van der Waals surface area (Å²) in [5.41, 5.74) is 1.24. The van der Waals surface area contributed by atoms with E-state index in [-0.39, 0.29) is 49.3 Å². The molecule has 29 heavy (non-hydrogen) atoms. The third-order valence-electron chi connectivity index (χ3n) is 4.53. The van der Waals surface area contributed by atoms with E-state index in [1.807, 2.05) is 0 Å². The van der Waals surface area contributed by atoms with Crippen LogP contribution in [-0.4, -0.2) is 72.3 Å². The van der Waals surface area contributed by atoms with Crippen molar-refractivity contribution in [2.45, 2.75) is 18.7 Å². The number of aromatic nitrogens is 2. The highest BCUT2D eigenvalue weighted by atomic mass is 32.2. The van der Waals surface area contributed by atoms with Gasteiger partial charge < -0.3 is 9.64 Å². The van der Waals surface area contributed by atoms with Gasteiger partial charge in [0.2, 0.25) is 10.0 Å². The molecule has 3 rings (SSSR count). The Kier molecular flexibility index (Phi) is 6.23. The molecule has 2 heterocycles. The largest absolute Gasteiger partial charge is 0.462 e. The van der Waals surface area contributed by atoms with Crippen molar-refractivity contribution in [2.75, 3.05) is 32.8 Å². The van der Waals surface area contributed by atoms with Crippen LogP contribution in [0.2, 0.25) is 0 Å². The minimum atomic E-state index is -3.72. The molecule has 2 aromatic rings. The number of carbonyl (C=O) groups excluding carboxylic acids is 2. The number of ether oxygens (including phenoxy) is 1. The van der Waals surface area contributed by atoms with E-state index in [4.69, 9.17) is 4.74 Å². The minimum Gasteiger partial charge on any atom is -0.462 e. The number of hydrogen-bond donors (Lipinski definition) is 0. The quantitative estimate of drug-likeness (QED) is 0.669. The van der Waals surface area contributed by atoms with Crippen LogP contribution in [0.4, 0.5) is 0 Å². The van der Waals surface area contributed by atoms with Gasteiger partial charge in [-0.05, 0) is 38.1 Å². The average molecular weight is 418 g/mol. The molecule has 1 saturated heterocycles. The fourth-order valence-corrected chi connectivity index (χ4v) is 4.35.